The first-order chi connectivity index (χ1) is 26.1. The monoisotopic (exact) mass is 732 g/mol. The number of fused-ring (bicyclic) bond motifs is 2. The summed E-state index contributed by atoms with van der Waals surface area (Å²) < 4.78 is 1.96. The van der Waals surface area contributed by atoms with Crippen LogP contribution in [0.25, 0.3) is 10.9 Å². The predicted molar refractivity (Wildman–Crippen MR) is 209 cm³/mol. The van der Waals surface area contributed by atoms with Gasteiger partial charge in [-0.25, -0.2) is 10.0 Å². The maximum atomic E-state index is 14.6. The van der Waals surface area contributed by atoms with Crippen molar-refractivity contribution < 1.29 is 24.3 Å². The number of aryl methyl sites for hydroxylation is 2. The molecule has 2 fully saturated rings. The number of Topliss-reactive ketones (excluding diaryl/α,β-unsaturated/α-hetero) is 1. The van der Waals surface area contributed by atoms with Crippen LogP contribution >= 0.6 is 0 Å². The molecule has 3 amide bonds. The van der Waals surface area contributed by atoms with Gasteiger partial charge in [0, 0.05) is 56.5 Å². The quantitative estimate of drug-likeness (QED) is 0.125. The molecule has 3 heterocycles. The van der Waals surface area contributed by atoms with Gasteiger partial charge < -0.3 is 24.4 Å². The van der Waals surface area contributed by atoms with E-state index in [9.17, 15) is 24.3 Å². The molecule has 4 aromatic rings. The average molecular weight is 733 g/mol. The lowest BCUT2D eigenvalue weighted by molar-refractivity contribution is -0.205. The maximum absolute atomic E-state index is 14.6. The van der Waals surface area contributed by atoms with Crippen molar-refractivity contribution in [1.29, 1.82) is 0 Å². The van der Waals surface area contributed by atoms with Gasteiger partial charge in [0.1, 0.15) is 18.0 Å². The zero-order valence-electron chi connectivity index (χ0n) is 31.7. The molecule has 0 aliphatic carbocycles. The summed E-state index contributed by atoms with van der Waals surface area (Å²) in [5.41, 5.74) is 4.23. The van der Waals surface area contributed by atoms with Crippen LogP contribution in [0.2, 0.25) is 0 Å². The predicted octanol–water partition coefficient (Wildman–Crippen LogP) is 5.17. The number of aromatic nitrogens is 1. The number of phenols is 1. The molecule has 11 nitrogen and oxygen atoms in total. The van der Waals surface area contributed by atoms with E-state index < -0.39 is 12.2 Å². The van der Waals surface area contributed by atoms with E-state index in [1.165, 1.54) is 0 Å². The summed E-state index contributed by atoms with van der Waals surface area (Å²) in [6.07, 6.45) is 5.02. The highest BCUT2D eigenvalue weighted by Crippen LogP contribution is 2.32. The Morgan fingerprint density at radius 3 is 2.39 bits per heavy atom. The fourth-order valence-electron chi connectivity index (χ4n) is 8.02. The third kappa shape index (κ3) is 8.27. The molecule has 11 heteroatoms. The molecule has 0 radical (unpaired) electrons. The number of amides is 3. The van der Waals surface area contributed by atoms with Gasteiger partial charge in [-0.1, -0.05) is 80.6 Å². The fraction of sp³-hybridized carbons (Fsp3) is 0.395. The summed E-state index contributed by atoms with van der Waals surface area (Å²) in [5, 5.41) is 14.2. The number of benzene rings is 3. The fourth-order valence-corrected chi connectivity index (χ4v) is 8.02. The molecule has 2 aliphatic heterocycles. The van der Waals surface area contributed by atoms with Crippen molar-refractivity contribution in [2.24, 2.45) is 7.05 Å². The number of rotatable bonds is 16. The topological polar surface area (TPSA) is 110 Å². The Labute approximate surface area is 318 Å². The van der Waals surface area contributed by atoms with Gasteiger partial charge in [-0.3, -0.25) is 19.2 Å². The molecule has 0 spiro atoms. The normalized spacial score (nSPS) is 17.7. The van der Waals surface area contributed by atoms with Crippen molar-refractivity contribution >= 4 is 34.4 Å². The molecule has 6 rings (SSSR count). The number of carbonyl (C=O) groups is 4. The Morgan fingerprint density at radius 1 is 0.944 bits per heavy atom. The van der Waals surface area contributed by atoms with Gasteiger partial charge in [0.2, 0.25) is 17.7 Å². The molecule has 54 heavy (non-hydrogen) atoms. The molecular weight excluding hydrogens is 681 g/mol. The van der Waals surface area contributed by atoms with Crippen molar-refractivity contribution in [2.75, 3.05) is 39.3 Å². The first-order valence-corrected chi connectivity index (χ1v) is 19.1. The van der Waals surface area contributed by atoms with Gasteiger partial charge in [-0.2, -0.15) is 0 Å². The molecule has 1 aromatic heterocycles. The minimum absolute atomic E-state index is 0.0622. The minimum atomic E-state index is -0.883. The summed E-state index contributed by atoms with van der Waals surface area (Å²) in [6.45, 7) is 11.5. The van der Waals surface area contributed by atoms with Crippen LogP contribution in [0, 0.1) is 0 Å². The standard InChI is InChI=1S/C43H52N6O5/c1-5-24-47-30-41(53)48-37(26-32-18-21-34(50)22-19-32)43(54)46(29-39(48)49(47)40(52)23-20-31-13-9-8-10-14-31)27-33-15-11-16-35-36(28-44(4)42(33)35)38(51)17-12-25-45(6-2)7-3/h5,8-11,13-16,18-19,21-22,28,37,39,50H,1,6-7,12,17,20,23-27,29-30H2,2-4H3/t37-,39-/m0/s1. The number of carbonyl (C=O) groups excluding carboxylic acids is 4. The lowest BCUT2D eigenvalue weighted by Gasteiger charge is -2.55. The summed E-state index contributed by atoms with van der Waals surface area (Å²) >= 11 is 0. The van der Waals surface area contributed by atoms with Crippen LogP contribution in [-0.2, 0) is 40.8 Å². The van der Waals surface area contributed by atoms with E-state index in [4.69, 9.17) is 0 Å². The van der Waals surface area contributed by atoms with E-state index in [0.717, 1.165) is 53.6 Å². The molecule has 3 aromatic carbocycles. The molecule has 2 atom stereocenters. The lowest BCUT2D eigenvalue weighted by Crippen LogP contribution is -2.75. The first kappa shape index (κ1) is 38.5. The highest BCUT2D eigenvalue weighted by atomic mass is 16.3. The second-order valence-electron chi connectivity index (χ2n) is 14.3. The van der Waals surface area contributed by atoms with Gasteiger partial charge in [0.15, 0.2) is 5.78 Å². The zero-order valence-corrected chi connectivity index (χ0v) is 31.7. The average Bonchev–Trinajstić information content (AvgIpc) is 3.52. The second-order valence-corrected chi connectivity index (χ2v) is 14.3. The van der Waals surface area contributed by atoms with Crippen molar-refractivity contribution in [3.8, 4) is 5.75 Å². The Kier molecular flexibility index (Phi) is 12.3. The van der Waals surface area contributed by atoms with E-state index >= 15 is 0 Å². The lowest BCUT2D eigenvalue weighted by atomic mass is 9.97. The Hall–Kier alpha value is -5.26. The van der Waals surface area contributed by atoms with Gasteiger partial charge in [0.05, 0.1) is 18.6 Å². The molecule has 0 saturated carbocycles. The Bertz CT molecular complexity index is 1970. The summed E-state index contributed by atoms with van der Waals surface area (Å²) in [4.78, 5) is 62.1. The zero-order chi connectivity index (χ0) is 38.4. The van der Waals surface area contributed by atoms with Gasteiger partial charge in [-0.15, -0.1) is 6.58 Å². The Balaban J connectivity index is 1.33. The van der Waals surface area contributed by atoms with Crippen molar-refractivity contribution in [1.82, 2.24) is 29.3 Å². The number of piperazine rings is 1. The molecule has 284 valence electrons. The van der Waals surface area contributed by atoms with Crippen molar-refractivity contribution in [3.63, 3.8) is 0 Å². The third-order valence-corrected chi connectivity index (χ3v) is 10.8. The molecular formula is C43H52N6O5. The number of aromatic hydroxyl groups is 1. The van der Waals surface area contributed by atoms with E-state index in [2.05, 4.69) is 25.3 Å². The number of hydrazine groups is 1. The minimum Gasteiger partial charge on any atom is -0.508 e. The van der Waals surface area contributed by atoms with Crippen LogP contribution in [0.1, 0.15) is 60.2 Å². The molecule has 2 aliphatic rings. The highest BCUT2D eigenvalue weighted by molar-refractivity contribution is 6.08. The summed E-state index contributed by atoms with van der Waals surface area (Å²) in [7, 11) is 1.92. The number of nitrogens with zero attached hydrogens (tertiary/aromatic N) is 6. The summed E-state index contributed by atoms with van der Waals surface area (Å²) in [6, 6.07) is 21.4. The molecule has 0 unspecified atom stereocenters. The maximum Gasteiger partial charge on any atom is 0.246 e. The number of ketones is 1. The second kappa shape index (κ2) is 17.3. The molecule has 0 bridgehead atoms. The Morgan fingerprint density at radius 2 is 1.69 bits per heavy atom. The SMILES string of the molecule is C=CCN1CC(=O)N2[C@@H](Cc3ccc(O)cc3)C(=O)N(Cc3cccc4c(C(=O)CCCN(CC)CC)cn(C)c34)C[C@@H]2N1C(=O)CCc1ccccc1. The third-order valence-electron chi connectivity index (χ3n) is 10.8. The highest BCUT2D eigenvalue weighted by Gasteiger charge is 2.51. The summed E-state index contributed by atoms with van der Waals surface area (Å²) in [5.74, 6) is -0.402. The van der Waals surface area contributed by atoms with Gasteiger partial charge in [-0.05, 0) is 61.3 Å². The van der Waals surface area contributed by atoms with Crippen LogP contribution < -0.4 is 0 Å². The van der Waals surface area contributed by atoms with Crippen LogP contribution in [0.3, 0.4) is 0 Å². The largest absolute Gasteiger partial charge is 0.508 e. The van der Waals surface area contributed by atoms with Crippen LogP contribution in [0.5, 0.6) is 5.75 Å². The van der Waals surface area contributed by atoms with E-state index in [-0.39, 0.29) is 68.3 Å². The van der Waals surface area contributed by atoms with E-state index in [1.54, 1.807) is 50.2 Å². The number of phenolic OH excluding ortho intramolecular Hbond substituents is 1. The van der Waals surface area contributed by atoms with E-state index in [0.29, 0.717) is 18.4 Å². The van der Waals surface area contributed by atoms with E-state index in [1.807, 2.05) is 66.3 Å². The number of hydrogen-bond acceptors (Lipinski definition) is 7. The van der Waals surface area contributed by atoms with Crippen LogP contribution in [0.15, 0.2) is 91.6 Å². The van der Waals surface area contributed by atoms with Crippen LogP contribution in [-0.4, -0.2) is 109 Å². The van der Waals surface area contributed by atoms with Gasteiger partial charge in [0.25, 0.3) is 0 Å². The van der Waals surface area contributed by atoms with Gasteiger partial charge >= 0.3 is 0 Å². The number of para-hydroxylation sites is 1. The first-order valence-electron chi connectivity index (χ1n) is 19.1. The molecule has 2 saturated heterocycles. The van der Waals surface area contributed by atoms with Crippen molar-refractivity contribution in [2.45, 2.75) is 64.7 Å². The van der Waals surface area contributed by atoms with Crippen molar-refractivity contribution in [3.05, 3.63) is 114 Å². The number of hydrogen-bond donors (Lipinski definition) is 1. The smallest absolute Gasteiger partial charge is 0.246 e. The van der Waals surface area contributed by atoms with Crippen LogP contribution in [0.4, 0.5) is 0 Å². The molecule has 1 N–H and O–H groups in total.